The number of hydrogen-bond acceptors (Lipinski definition) is 4. The van der Waals surface area contributed by atoms with E-state index in [2.05, 4.69) is 40.3 Å². The smallest absolute Gasteiger partial charge is 0.241 e. The van der Waals surface area contributed by atoms with E-state index in [-0.39, 0.29) is 36.9 Å². The van der Waals surface area contributed by atoms with Crippen molar-refractivity contribution in [3.8, 4) is 0 Å². The van der Waals surface area contributed by atoms with E-state index in [9.17, 15) is 9.59 Å². The zero-order valence-corrected chi connectivity index (χ0v) is 19.0. The summed E-state index contributed by atoms with van der Waals surface area (Å²) >= 11 is 1.70. The molecule has 0 spiro atoms. The maximum Gasteiger partial charge on any atom is 0.241 e. The molecular formula is C26H27N3O2S. The number of para-hydroxylation sites is 2. The summed E-state index contributed by atoms with van der Waals surface area (Å²) in [5, 5.41) is 8.52. The molecule has 0 radical (unpaired) electrons. The van der Waals surface area contributed by atoms with Crippen molar-refractivity contribution in [2.45, 2.75) is 44.7 Å². The van der Waals surface area contributed by atoms with Crippen LogP contribution in [0.15, 0.2) is 60.0 Å². The lowest BCUT2D eigenvalue weighted by molar-refractivity contribution is -0.118. The lowest BCUT2D eigenvalue weighted by Crippen LogP contribution is -2.44. The fourth-order valence-corrected chi connectivity index (χ4v) is 5.68. The average molecular weight is 446 g/mol. The highest BCUT2D eigenvalue weighted by atomic mass is 32.1. The van der Waals surface area contributed by atoms with Crippen LogP contribution in [-0.4, -0.2) is 24.4 Å². The first kappa shape index (κ1) is 20.9. The van der Waals surface area contributed by atoms with Crippen LogP contribution < -0.4 is 15.5 Å². The van der Waals surface area contributed by atoms with Crippen LogP contribution in [0, 0.1) is 0 Å². The molecule has 2 N–H and O–H groups in total. The van der Waals surface area contributed by atoms with Gasteiger partial charge in [0.05, 0.1) is 24.0 Å². The van der Waals surface area contributed by atoms with Gasteiger partial charge in [0.15, 0.2) is 0 Å². The first-order chi connectivity index (χ1) is 15.6. The monoisotopic (exact) mass is 445 g/mol. The van der Waals surface area contributed by atoms with E-state index >= 15 is 0 Å². The Morgan fingerprint density at radius 3 is 2.84 bits per heavy atom. The number of hydrogen-bond donors (Lipinski definition) is 2. The highest BCUT2D eigenvalue weighted by Crippen LogP contribution is 2.33. The Labute approximate surface area is 192 Å². The van der Waals surface area contributed by atoms with Crippen molar-refractivity contribution in [2.24, 2.45) is 0 Å². The summed E-state index contributed by atoms with van der Waals surface area (Å²) in [5.74, 6) is -0.105. The van der Waals surface area contributed by atoms with Gasteiger partial charge in [-0.05, 0) is 66.5 Å². The fourth-order valence-electron chi connectivity index (χ4n) is 4.85. The Hall–Kier alpha value is -2.96. The summed E-state index contributed by atoms with van der Waals surface area (Å²) in [4.78, 5) is 28.7. The second-order valence-electron chi connectivity index (χ2n) is 8.59. The number of rotatable bonds is 5. The molecule has 1 aliphatic heterocycles. The Morgan fingerprint density at radius 2 is 2.00 bits per heavy atom. The zero-order chi connectivity index (χ0) is 22.1. The SMILES string of the molecule is CC1CC(=O)Nc2ccccc2N1C(=O)CNC(c1ccc2c(c1)CCC2)c1cccs1. The third-order valence-corrected chi connectivity index (χ3v) is 7.31. The maximum absolute atomic E-state index is 13.5. The van der Waals surface area contributed by atoms with E-state index < -0.39 is 0 Å². The van der Waals surface area contributed by atoms with E-state index in [1.807, 2.05) is 37.3 Å². The number of fused-ring (bicyclic) bond motifs is 2. The summed E-state index contributed by atoms with van der Waals surface area (Å²) in [6.07, 6.45) is 3.78. The van der Waals surface area contributed by atoms with Crippen LogP contribution in [0.5, 0.6) is 0 Å². The van der Waals surface area contributed by atoms with Crippen molar-refractivity contribution in [2.75, 3.05) is 16.8 Å². The zero-order valence-electron chi connectivity index (χ0n) is 18.1. The predicted octanol–water partition coefficient (Wildman–Crippen LogP) is 4.68. The molecule has 0 saturated heterocycles. The largest absolute Gasteiger partial charge is 0.324 e. The van der Waals surface area contributed by atoms with Crippen molar-refractivity contribution >= 4 is 34.5 Å². The van der Waals surface area contributed by atoms with Crippen molar-refractivity contribution in [1.29, 1.82) is 0 Å². The molecule has 2 atom stereocenters. The van der Waals surface area contributed by atoms with Crippen LogP contribution in [0.25, 0.3) is 0 Å². The summed E-state index contributed by atoms with van der Waals surface area (Å²) in [6, 6.07) is 18.2. The van der Waals surface area contributed by atoms with Crippen molar-refractivity contribution in [1.82, 2.24) is 5.32 Å². The highest BCUT2D eigenvalue weighted by Gasteiger charge is 2.30. The molecule has 0 fully saturated rings. The van der Waals surface area contributed by atoms with E-state index in [0.717, 1.165) is 18.5 Å². The van der Waals surface area contributed by atoms with Crippen LogP contribution in [0.3, 0.4) is 0 Å². The molecule has 1 aliphatic carbocycles. The van der Waals surface area contributed by atoms with Gasteiger partial charge in [-0.15, -0.1) is 11.3 Å². The Morgan fingerprint density at radius 1 is 1.16 bits per heavy atom. The first-order valence-electron chi connectivity index (χ1n) is 11.2. The number of carbonyl (C=O) groups is 2. The minimum atomic E-state index is -0.215. The molecule has 2 amide bonds. The van der Waals surface area contributed by atoms with Gasteiger partial charge in [0.1, 0.15) is 0 Å². The molecule has 6 heteroatoms. The van der Waals surface area contributed by atoms with Crippen LogP contribution in [-0.2, 0) is 22.4 Å². The van der Waals surface area contributed by atoms with Crippen molar-refractivity contribution < 1.29 is 9.59 Å². The second kappa shape index (κ2) is 8.88. The molecule has 2 aromatic carbocycles. The summed E-state index contributed by atoms with van der Waals surface area (Å²) in [5.41, 5.74) is 5.51. The van der Waals surface area contributed by atoms with E-state index in [0.29, 0.717) is 5.69 Å². The maximum atomic E-state index is 13.5. The summed E-state index contributed by atoms with van der Waals surface area (Å²) in [6.45, 7) is 2.11. The number of nitrogens with zero attached hydrogens (tertiary/aromatic N) is 1. The Balaban J connectivity index is 1.40. The van der Waals surface area contributed by atoms with E-state index in [4.69, 9.17) is 0 Å². The number of amides is 2. The van der Waals surface area contributed by atoms with E-state index in [1.165, 1.54) is 28.0 Å². The fraction of sp³-hybridized carbons (Fsp3) is 0.308. The Bertz CT molecular complexity index is 1140. The second-order valence-corrected chi connectivity index (χ2v) is 9.57. The first-order valence-corrected chi connectivity index (χ1v) is 12.1. The number of carbonyl (C=O) groups excluding carboxylic acids is 2. The summed E-state index contributed by atoms with van der Waals surface area (Å²) < 4.78 is 0. The van der Waals surface area contributed by atoms with Crippen LogP contribution in [0.4, 0.5) is 11.4 Å². The number of nitrogens with one attached hydrogen (secondary N) is 2. The quantitative estimate of drug-likeness (QED) is 0.599. The van der Waals surface area contributed by atoms with Gasteiger partial charge in [-0.3, -0.25) is 14.9 Å². The molecule has 0 bridgehead atoms. The Kier molecular flexibility index (Phi) is 5.81. The molecule has 5 rings (SSSR count). The third kappa shape index (κ3) is 4.08. The van der Waals surface area contributed by atoms with Gasteiger partial charge in [-0.2, -0.15) is 0 Å². The lowest BCUT2D eigenvalue weighted by atomic mass is 10.00. The van der Waals surface area contributed by atoms with Gasteiger partial charge in [-0.1, -0.05) is 36.4 Å². The standard InChI is InChI=1S/C26H27N3O2S/c1-17-14-24(30)28-21-8-2-3-9-22(21)29(17)25(31)16-27-26(23-10-5-13-32-23)20-12-11-18-6-4-7-19(18)15-20/h2-3,5,8-13,15,17,26-27H,4,6-7,14,16H2,1H3,(H,28,30). The number of aryl methyl sites for hydroxylation is 2. The lowest BCUT2D eigenvalue weighted by Gasteiger charge is -2.29. The van der Waals surface area contributed by atoms with Gasteiger partial charge in [0, 0.05) is 17.3 Å². The molecule has 32 heavy (non-hydrogen) atoms. The molecule has 3 aromatic rings. The van der Waals surface area contributed by atoms with Crippen molar-refractivity contribution in [3.63, 3.8) is 0 Å². The van der Waals surface area contributed by atoms with Crippen molar-refractivity contribution in [3.05, 3.63) is 81.5 Å². The van der Waals surface area contributed by atoms with Gasteiger partial charge >= 0.3 is 0 Å². The predicted molar refractivity (Wildman–Crippen MR) is 129 cm³/mol. The van der Waals surface area contributed by atoms with Crippen LogP contribution >= 0.6 is 11.3 Å². The number of thiophene rings is 1. The molecule has 164 valence electrons. The topological polar surface area (TPSA) is 61.4 Å². The third-order valence-electron chi connectivity index (χ3n) is 6.37. The highest BCUT2D eigenvalue weighted by molar-refractivity contribution is 7.10. The molecule has 1 aromatic heterocycles. The van der Waals surface area contributed by atoms with Crippen LogP contribution in [0.1, 0.15) is 47.4 Å². The minimum Gasteiger partial charge on any atom is -0.324 e. The van der Waals surface area contributed by atoms with Crippen LogP contribution in [0.2, 0.25) is 0 Å². The molecule has 2 aliphatic rings. The number of benzene rings is 2. The minimum absolute atomic E-state index is 0.0378. The molecule has 2 unspecified atom stereocenters. The molecule has 2 heterocycles. The normalized spacial score (nSPS) is 18.5. The average Bonchev–Trinajstić information content (AvgIpc) is 3.45. The molecule has 5 nitrogen and oxygen atoms in total. The van der Waals surface area contributed by atoms with Gasteiger partial charge in [0.2, 0.25) is 11.8 Å². The number of anilines is 2. The van der Waals surface area contributed by atoms with E-state index in [1.54, 1.807) is 16.2 Å². The molecule has 0 saturated carbocycles. The van der Waals surface area contributed by atoms with Gasteiger partial charge < -0.3 is 10.2 Å². The van der Waals surface area contributed by atoms with Gasteiger partial charge in [0.25, 0.3) is 0 Å². The molecular weight excluding hydrogens is 418 g/mol. The summed E-state index contributed by atoms with van der Waals surface area (Å²) in [7, 11) is 0. The van der Waals surface area contributed by atoms with Gasteiger partial charge in [-0.25, -0.2) is 0 Å².